The van der Waals surface area contributed by atoms with Crippen molar-refractivity contribution < 1.29 is 14.3 Å². The van der Waals surface area contributed by atoms with Gasteiger partial charge in [-0.3, -0.25) is 9.59 Å². The van der Waals surface area contributed by atoms with Crippen LogP contribution in [0.4, 0.5) is 0 Å². The van der Waals surface area contributed by atoms with Gasteiger partial charge < -0.3 is 21.1 Å². The van der Waals surface area contributed by atoms with Crippen molar-refractivity contribution in [2.24, 2.45) is 5.73 Å². The van der Waals surface area contributed by atoms with E-state index in [1.807, 2.05) is 0 Å². The Morgan fingerprint density at radius 2 is 1.73 bits per heavy atom. The van der Waals surface area contributed by atoms with Crippen LogP contribution in [0.2, 0.25) is 0 Å². The Labute approximate surface area is 137 Å². The highest BCUT2D eigenvalue weighted by atomic mass is 79.9. The van der Waals surface area contributed by atoms with E-state index in [1.165, 1.54) is 0 Å². The van der Waals surface area contributed by atoms with Crippen LogP contribution in [-0.2, 0) is 9.53 Å². The first-order valence-corrected chi connectivity index (χ1v) is 7.99. The summed E-state index contributed by atoms with van der Waals surface area (Å²) in [5.74, 6) is -0.357. The van der Waals surface area contributed by atoms with Gasteiger partial charge in [0.25, 0.3) is 5.91 Å². The molecule has 1 saturated heterocycles. The molecule has 4 N–H and O–H groups in total. The van der Waals surface area contributed by atoms with Gasteiger partial charge in [-0.1, -0.05) is 15.9 Å². The lowest BCUT2D eigenvalue weighted by Crippen LogP contribution is -2.57. The number of carbonyl (C=O) groups excluding carboxylic acids is 2. The number of benzene rings is 1. The molecule has 1 heterocycles. The van der Waals surface area contributed by atoms with Crippen LogP contribution >= 0.6 is 15.9 Å². The molecule has 0 atom stereocenters. The van der Waals surface area contributed by atoms with Crippen molar-refractivity contribution >= 4 is 27.7 Å². The number of amides is 2. The zero-order valence-corrected chi connectivity index (χ0v) is 13.8. The summed E-state index contributed by atoms with van der Waals surface area (Å²) in [4.78, 5) is 23.9. The molecule has 1 aromatic carbocycles. The Balaban J connectivity index is 1.71. The Morgan fingerprint density at radius 3 is 2.36 bits per heavy atom. The maximum absolute atomic E-state index is 12.1. The molecular weight excluding hydrogens is 350 g/mol. The molecule has 2 amide bonds. The van der Waals surface area contributed by atoms with Crippen molar-refractivity contribution in [2.45, 2.75) is 18.4 Å². The molecule has 0 aromatic heterocycles. The minimum atomic E-state index is -0.853. The van der Waals surface area contributed by atoms with E-state index in [0.717, 1.165) is 4.47 Å². The normalized spacial score (nSPS) is 16.8. The lowest BCUT2D eigenvalue weighted by Gasteiger charge is -2.31. The minimum absolute atomic E-state index is 0.171. The summed E-state index contributed by atoms with van der Waals surface area (Å²) in [5.41, 5.74) is 5.79. The third-order valence-corrected chi connectivity index (χ3v) is 4.17. The van der Waals surface area contributed by atoms with E-state index in [9.17, 15) is 9.59 Å². The van der Waals surface area contributed by atoms with Gasteiger partial charge in [-0.25, -0.2) is 0 Å². The van der Waals surface area contributed by atoms with Crippen LogP contribution in [0.1, 0.15) is 23.2 Å². The molecule has 6 nitrogen and oxygen atoms in total. The molecule has 22 heavy (non-hydrogen) atoms. The number of halogens is 1. The molecular formula is C15H20BrN3O3. The molecule has 0 spiro atoms. The second-order valence-electron chi connectivity index (χ2n) is 5.29. The van der Waals surface area contributed by atoms with E-state index in [2.05, 4.69) is 26.6 Å². The van der Waals surface area contributed by atoms with Gasteiger partial charge in [0.1, 0.15) is 0 Å². The van der Waals surface area contributed by atoms with Crippen LogP contribution in [0, 0.1) is 0 Å². The third-order valence-electron chi connectivity index (χ3n) is 3.64. The SMILES string of the molecule is NC1(C(=O)NCCNC(=O)c2ccc(Br)cc2)CCOCC1. The maximum Gasteiger partial charge on any atom is 0.251 e. The van der Waals surface area contributed by atoms with Gasteiger partial charge in [-0.05, 0) is 37.1 Å². The van der Waals surface area contributed by atoms with Crippen molar-refractivity contribution in [3.8, 4) is 0 Å². The molecule has 1 aliphatic heterocycles. The largest absolute Gasteiger partial charge is 0.381 e. The highest BCUT2D eigenvalue weighted by Crippen LogP contribution is 2.17. The second-order valence-corrected chi connectivity index (χ2v) is 6.20. The summed E-state index contributed by atoms with van der Waals surface area (Å²) in [6.07, 6.45) is 1.04. The molecule has 1 fully saturated rings. The average Bonchev–Trinajstić information content (AvgIpc) is 2.52. The predicted molar refractivity (Wildman–Crippen MR) is 86.5 cm³/mol. The van der Waals surface area contributed by atoms with E-state index >= 15 is 0 Å². The number of nitrogens with two attached hydrogens (primary N) is 1. The Morgan fingerprint density at radius 1 is 1.14 bits per heavy atom. The zero-order chi connectivity index (χ0) is 16.0. The molecule has 0 aliphatic carbocycles. The first-order valence-electron chi connectivity index (χ1n) is 7.20. The van der Waals surface area contributed by atoms with Crippen LogP contribution < -0.4 is 16.4 Å². The molecule has 0 bridgehead atoms. The summed E-state index contributed by atoms with van der Waals surface area (Å²) in [6, 6.07) is 7.07. The van der Waals surface area contributed by atoms with Crippen molar-refractivity contribution in [3.05, 3.63) is 34.3 Å². The van der Waals surface area contributed by atoms with Crippen LogP contribution in [0.5, 0.6) is 0 Å². The van der Waals surface area contributed by atoms with E-state index in [0.29, 0.717) is 44.7 Å². The van der Waals surface area contributed by atoms with Crippen LogP contribution in [0.15, 0.2) is 28.7 Å². The standard InChI is InChI=1S/C15H20BrN3O3/c16-12-3-1-11(2-4-12)13(20)18-7-8-19-14(21)15(17)5-9-22-10-6-15/h1-4H,5-10,17H2,(H,18,20)(H,19,21). The van der Waals surface area contributed by atoms with Gasteiger partial charge >= 0.3 is 0 Å². The number of nitrogens with one attached hydrogen (secondary N) is 2. The molecule has 7 heteroatoms. The Hall–Kier alpha value is -1.44. The fraction of sp³-hybridized carbons (Fsp3) is 0.467. The first kappa shape index (κ1) is 16.9. The number of carbonyl (C=O) groups is 2. The summed E-state index contributed by atoms with van der Waals surface area (Å²) in [5, 5.41) is 5.52. The molecule has 120 valence electrons. The molecule has 0 radical (unpaired) electrons. The average molecular weight is 370 g/mol. The monoisotopic (exact) mass is 369 g/mol. The van der Waals surface area contributed by atoms with E-state index < -0.39 is 5.54 Å². The summed E-state index contributed by atoms with van der Waals surface area (Å²) in [6.45, 7) is 1.71. The van der Waals surface area contributed by atoms with Gasteiger partial charge in [0, 0.05) is 36.3 Å². The van der Waals surface area contributed by atoms with Crippen molar-refractivity contribution in [3.63, 3.8) is 0 Å². The lowest BCUT2D eigenvalue weighted by atomic mass is 9.90. The maximum atomic E-state index is 12.1. The van der Waals surface area contributed by atoms with Gasteiger partial charge in [0.05, 0.1) is 5.54 Å². The minimum Gasteiger partial charge on any atom is -0.381 e. The smallest absolute Gasteiger partial charge is 0.251 e. The number of rotatable bonds is 5. The first-order chi connectivity index (χ1) is 10.5. The number of hydrogen-bond acceptors (Lipinski definition) is 4. The van der Waals surface area contributed by atoms with E-state index in [4.69, 9.17) is 10.5 Å². The van der Waals surface area contributed by atoms with Crippen LogP contribution in [0.3, 0.4) is 0 Å². The van der Waals surface area contributed by atoms with Gasteiger partial charge in [-0.15, -0.1) is 0 Å². The van der Waals surface area contributed by atoms with Gasteiger partial charge in [-0.2, -0.15) is 0 Å². The second kappa shape index (κ2) is 7.71. The topological polar surface area (TPSA) is 93.5 Å². The van der Waals surface area contributed by atoms with Gasteiger partial charge in [0.2, 0.25) is 5.91 Å². The van der Waals surface area contributed by atoms with Crippen molar-refractivity contribution in [1.82, 2.24) is 10.6 Å². The quantitative estimate of drug-likeness (QED) is 0.669. The molecule has 1 aromatic rings. The predicted octanol–water partition coefficient (Wildman–Crippen LogP) is 0.803. The zero-order valence-electron chi connectivity index (χ0n) is 12.2. The molecule has 1 aliphatic rings. The fourth-order valence-electron chi connectivity index (χ4n) is 2.19. The molecule has 2 rings (SSSR count). The van der Waals surface area contributed by atoms with Crippen molar-refractivity contribution in [1.29, 1.82) is 0 Å². The van der Waals surface area contributed by atoms with E-state index in [1.54, 1.807) is 24.3 Å². The summed E-state index contributed by atoms with van der Waals surface area (Å²) >= 11 is 3.32. The highest BCUT2D eigenvalue weighted by Gasteiger charge is 2.35. The van der Waals surface area contributed by atoms with E-state index in [-0.39, 0.29) is 11.8 Å². The summed E-state index contributed by atoms with van der Waals surface area (Å²) < 4.78 is 6.13. The Kier molecular flexibility index (Phi) is 5.93. The van der Waals surface area contributed by atoms with Crippen LogP contribution in [0.25, 0.3) is 0 Å². The number of hydrogen-bond donors (Lipinski definition) is 3. The Bertz CT molecular complexity index is 527. The molecule has 0 saturated carbocycles. The number of ether oxygens (including phenoxy) is 1. The summed E-state index contributed by atoms with van der Waals surface area (Å²) in [7, 11) is 0. The van der Waals surface area contributed by atoms with Crippen molar-refractivity contribution in [2.75, 3.05) is 26.3 Å². The fourth-order valence-corrected chi connectivity index (χ4v) is 2.46. The molecule has 0 unspecified atom stereocenters. The van der Waals surface area contributed by atoms with Crippen LogP contribution in [-0.4, -0.2) is 43.7 Å². The third kappa shape index (κ3) is 4.53. The highest BCUT2D eigenvalue weighted by molar-refractivity contribution is 9.10. The lowest BCUT2D eigenvalue weighted by molar-refractivity contribution is -0.129. The van der Waals surface area contributed by atoms with Gasteiger partial charge in [0.15, 0.2) is 0 Å².